The third-order valence-electron chi connectivity index (χ3n) is 21.1. The van der Waals surface area contributed by atoms with Crippen molar-refractivity contribution in [2.24, 2.45) is 0 Å². The van der Waals surface area contributed by atoms with Crippen molar-refractivity contribution in [2.75, 3.05) is 9.80 Å². The Kier molecular flexibility index (Phi) is 13.8. The van der Waals surface area contributed by atoms with E-state index in [0.29, 0.717) is 0 Å². The maximum atomic E-state index is 2.74. The largest absolute Gasteiger partial charge is 0.309 e. The fourth-order valence-electron chi connectivity index (χ4n) is 17.1. The highest BCUT2D eigenvalue weighted by Crippen LogP contribution is 2.55. The smallest absolute Gasteiger partial charge is 0.0562 e. The first-order chi connectivity index (χ1) is 46.6. The first kappa shape index (κ1) is 56.1. The maximum Gasteiger partial charge on any atom is 0.0562 e. The predicted molar refractivity (Wildman–Crippen MR) is 400 cm³/mol. The standard InChI is InChI=1S/C90H74N4/c1-3-27-63-57-85(93(77-47-23-35-61-33-11-13-37-67(61)77)83-51-25-49-81-89(83)71-41-17-21-45-79(71)91(81)75-43-19-15-39-65(75)59-29-7-5-8-30-59)73-56-54-70-64(28-4-2)58-86(74-55-53-69(63)87(73)88(70)74)94(78-48-24-36-62-34-12-14-38-68(62)78)84-52-26-50-82-90(84)72-42-18-22-46-80(72)92(82)76-44-20-16-40-66(76)60-31-9-6-10-32-60/h5-10,15-26,29-32,35-36,39-58H,3-4,11-14,27-28,33-34,37-38H2,1-2H3. The molecule has 454 valence electrons. The Balaban J connectivity index is 0.940. The summed E-state index contributed by atoms with van der Waals surface area (Å²) in [6, 6.07) is 102. The summed E-state index contributed by atoms with van der Waals surface area (Å²) in [5, 5.41) is 13.0. The van der Waals surface area contributed by atoms with E-state index in [1.165, 1.54) is 203 Å². The Labute approximate surface area is 550 Å². The van der Waals surface area contributed by atoms with Crippen LogP contribution in [0.5, 0.6) is 0 Å². The SMILES string of the molecule is CCCc1cc(N(c2cccc3c2CCCC3)c2cccc3c2c2ccccc2n3-c2ccccc2-c2ccccc2)c2ccc3c(CCC)cc(N(c4cccc5c4CCCC5)c4cccc5c4c4ccccc4n5-c4ccccc4-c4ccccc4)c4ccc1c2c34. The van der Waals surface area contributed by atoms with Crippen molar-refractivity contribution in [3.05, 3.63) is 300 Å². The zero-order chi connectivity index (χ0) is 62.4. The highest BCUT2D eigenvalue weighted by molar-refractivity contribution is 6.30. The van der Waals surface area contributed by atoms with Gasteiger partial charge in [-0.05, 0) is 203 Å². The first-order valence-corrected chi connectivity index (χ1v) is 34.6. The molecule has 94 heavy (non-hydrogen) atoms. The van der Waals surface area contributed by atoms with Gasteiger partial charge in [0.1, 0.15) is 0 Å². The van der Waals surface area contributed by atoms with Crippen molar-refractivity contribution in [1.82, 2.24) is 9.13 Å². The number of rotatable bonds is 14. The first-order valence-electron chi connectivity index (χ1n) is 34.6. The van der Waals surface area contributed by atoms with Crippen LogP contribution in [0.3, 0.4) is 0 Å². The molecular formula is C90H74N4. The molecule has 4 nitrogen and oxygen atoms in total. The van der Waals surface area contributed by atoms with Gasteiger partial charge in [0.2, 0.25) is 0 Å². The molecule has 0 unspecified atom stereocenters. The van der Waals surface area contributed by atoms with Gasteiger partial charge in [0.25, 0.3) is 0 Å². The molecule has 0 bridgehead atoms. The van der Waals surface area contributed by atoms with Crippen LogP contribution >= 0.6 is 0 Å². The summed E-state index contributed by atoms with van der Waals surface area (Å²) < 4.78 is 5.08. The van der Waals surface area contributed by atoms with Crippen molar-refractivity contribution in [2.45, 2.75) is 90.9 Å². The van der Waals surface area contributed by atoms with E-state index in [9.17, 15) is 0 Å². The second kappa shape index (κ2) is 23.2. The molecule has 0 fully saturated rings. The third-order valence-corrected chi connectivity index (χ3v) is 21.1. The Morgan fingerprint density at radius 1 is 0.287 bits per heavy atom. The van der Waals surface area contributed by atoms with E-state index in [0.717, 1.165) is 51.4 Å². The van der Waals surface area contributed by atoms with Crippen LogP contribution < -0.4 is 9.80 Å². The number of hydrogen-bond donors (Lipinski definition) is 0. The van der Waals surface area contributed by atoms with Gasteiger partial charge in [-0.2, -0.15) is 0 Å². The monoisotopic (exact) mass is 1210 g/mol. The summed E-state index contributed by atoms with van der Waals surface area (Å²) in [5.74, 6) is 0. The Bertz CT molecular complexity index is 5260. The minimum atomic E-state index is 0.956. The molecule has 18 rings (SSSR count). The number of aryl methyl sites for hydroxylation is 4. The lowest BCUT2D eigenvalue weighted by atomic mass is 9.85. The quantitative estimate of drug-likeness (QED) is 0.101. The van der Waals surface area contributed by atoms with Gasteiger partial charge in [-0.3, -0.25) is 0 Å². The Morgan fingerprint density at radius 3 is 1.12 bits per heavy atom. The van der Waals surface area contributed by atoms with Gasteiger partial charge < -0.3 is 18.9 Å². The molecule has 0 spiro atoms. The van der Waals surface area contributed by atoms with Crippen LogP contribution in [0.2, 0.25) is 0 Å². The molecule has 0 atom stereocenters. The summed E-state index contributed by atoms with van der Waals surface area (Å²) in [6.45, 7) is 4.72. The van der Waals surface area contributed by atoms with E-state index < -0.39 is 0 Å². The van der Waals surface area contributed by atoms with Gasteiger partial charge in [0.15, 0.2) is 0 Å². The molecule has 2 aliphatic carbocycles. The summed E-state index contributed by atoms with van der Waals surface area (Å²) in [4.78, 5) is 5.47. The molecule has 0 saturated carbocycles. The topological polar surface area (TPSA) is 16.3 Å². The molecule has 2 aromatic heterocycles. The lowest BCUT2D eigenvalue weighted by molar-refractivity contribution is 0.686. The van der Waals surface area contributed by atoms with E-state index in [4.69, 9.17) is 0 Å². The molecule has 16 aromatic rings. The molecule has 0 amide bonds. The summed E-state index contributed by atoms with van der Waals surface area (Å²) in [6.07, 6.45) is 13.0. The summed E-state index contributed by atoms with van der Waals surface area (Å²) in [7, 11) is 0. The lowest BCUT2D eigenvalue weighted by Crippen LogP contribution is -2.17. The fourth-order valence-corrected chi connectivity index (χ4v) is 17.1. The van der Waals surface area contributed by atoms with Crippen LogP contribution in [0.4, 0.5) is 34.1 Å². The van der Waals surface area contributed by atoms with E-state index in [2.05, 4.69) is 300 Å². The van der Waals surface area contributed by atoms with E-state index in [1.54, 1.807) is 0 Å². The predicted octanol–water partition coefficient (Wildman–Crippen LogP) is 24.7. The van der Waals surface area contributed by atoms with Crippen LogP contribution in [-0.2, 0) is 38.5 Å². The van der Waals surface area contributed by atoms with Gasteiger partial charge >= 0.3 is 0 Å². The molecule has 0 aliphatic heterocycles. The maximum absolute atomic E-state index is 2.74. The number of hydrogen-bond acceptors (Lipinski definition) is 2. The van der Waals surface area contributed by atoms with Crippen LogP contribution in [0.25, 0.3) is 110 Å². The molecule has 0 saturated heterocycles. The van der Waals surface area contributed by atoms with E-state index in [-0.39, 0.29) is 0 Å². The minimum Gasteiger partial charge on any atom is -0.309 e. The van der Waals surface area contributed by atoms with Crippen LogP contribution in [0, 0.1) is 0 Å². The van der Waals surface area contributed by atoms with Gasteiger partial charge in [-0.25, -0.2) is 0 Å². The van der Waals surface area contributed by atoms with Crippen molar-refractivity contribution >= 4 is 110 Å². The molecule has 0 radical (unpaired) electrons. The lowest BCUT2D eigenvalue weighted by Gasteiger charge is -2.34. The Morgan fingerprint density at radius 2 is 0.660 bits per heavy atom. The van der Waals surface area contributed by atoms with Crippen molar-refractivity contribution in [1.29, 1.82) is 0 Å². The average molecular weight is 1210 g/mol. The van der Waals surface area contributed by atoms with Gasteiger partial charge in [0, 0.05) is 54.8 Å². The average Bonchev–Trinajstić information content (AvgIpc) is 1.02. The van der Waals surface area contributed by atoms with Gasteiger partial charge in [0.05, 0.1) is 56.2 Å². The summed E-state index contributed by atoms with van der Waals surface area (Å²) >= 11 is 0. The molecule has 0 N–H and O–H groups in total. The second-order valence-electron chi connectivity index (χ2n) is 26.4. The zero-order valence-corrected chi connectivity index (χ0v) is 53.7. The van der Waals surface area contributed by atoms with Crippen molar-refractivity contribution in [3.8, 4) is 33.6 Å². The molecule has 4 heteroatoms. The second-order valence-corrected chi connectivity index (χ2v) is 26.4. The van der Waals surface area contributed by atoms with Gasteiger partial charge in [-0.1, -0.05) is 221 Å². The fraction of sp³-hybridized carbons (Fsp3) is 0.156. The molecule has 2 heterocycles. The molecule has 14 aromatic carbocycles. The number of nitrogens with zero attached hydrogens (tertiary/aromatic N) is 4. The Hall–Kier alpha value is -10.7. The van der Waals surface area contributed by atoms with Gasteiger partial charge in [-0.15, -0.1) is 0 Å². The minimum absolute atomic E-state index is 0.956. The number of fused-ring (bicyclic) bond motifs is 8. The zero-order valence-electron chi connectivity index (χ0n) is 53.7. The third kappa shape index (κ3) is 8.86. The van der Waals surface area contributed by atoms with Crippen LogP contribution in [-0.4, -0.2) is 9.13 Å². The molecular weight excluding hydrogens is 1140 g/mol. The number of anilines is 6. The normalized spacial score (nSPS) is 13.3. The van der Waals surface area contributed by atoms with Crippen LogP contribution in [0.1, 0.15) is 85.8 Å². The number of aromatic nitrogens is 2. The molecule has 2 aliphatic rings. The van der Waals surface area contributed by atoms with Crippen LogP contribution in [0.15, 0.2) is 267 Å². The highest BCUT2D eigenvalue weighted by Gasteiger charge is 2.32. The highest BCUT2D eigenvalue weighted by atomic mass is 15.2. The summed E-state index contributed by atoms with van der Waals surface area (Å²) in [5.41, 5.74) is 28.1. The van der Waals surface area contributed by atoms with E-state index in [1.807, 2.05) is 0 Å². The van der Waals surface area contributed by atoms with E-state index >= 15 is 0 Å². The van der Waals surface area contributed by atoms with Crippen molar-refractivity contribution in [3.63, 3.8) is 0 Å². The van der Waals surface area contributed by atoms with Crippen molar-refractivity contribution < 1.29 is 0 Å². The number of benzene rings is 14. The number of para-hydroxylation sites is 4.